The fraction of sp³-hybridized carbons (Fsp3) is 0.467. The van der Waals surface area contributed by atoms with Crippen LogP contribution in [0.2, 0.25) is 0 Å². The van der Waals surface area contributed by atoms with E-state index in [1.165, 1.54) is 0 Å². The molecule has 19 heavy (non-hydrogen) atoms. The highest BCUT2D eigenvalue weighted by Crippen LogP contribution is 2.19. The van der Waals surface area contributed by atoms with Crippen molar-refractivity contribution in [1.82, 2.24) is 4.90 Å². The van der Waals surface area contributed by atoms with Crippen LogP contribution in [0.3, 0.4) is 0 Å². The summed E-state index contributed by atoms with van der Waals surface area (Å²) in [4.78, 5) is 13.8. The van der Waals surface area contributed by atoms with Crippen molar-refractivity contribution >= 4 is 11.6 Å². The molecule has 0 aromatic heterocycles. The van der Waals surface area contributed by atoms with Crippen LogP contribution in [0.5, 0.6) is 0 Å². The van der Waals surface area contributed by atoms with Crippen molar-refractivity contribution in [2.75, 3.05) is 25.5 Å². The number of carbonyl (C=O) groups is 1. The van der Waals surface area contributed by atoms with Crippen LogP contribution >= 0.6 is 0 Å². The number of benzene rings is 1. The van der Waals surface area contributed by atoms with Crippen molar-refractivity contribution in [1.29, 1.82) is 5.26 Å². The molecule has 0 heterocycles. The Morgan fingerprint density at radius 3 is 2.53 bits per heavy atom. The second-order valence-corrected chi connectivity index (χ2v) is 5.04. The topological polar surface area (TPSA) is 56.1 Å². The van der Waals surface area contributed by atoms with Gasteiger partial charge in [-0.25, -0.2) is 0 Å². The molecule has 0 radical (unpaired) electrons. The van der Waals surface area contributed by atoms with E-state index >= 15 is 0 Å². The van der Waals surface area contributed by atoms with E-state index in [9.17, 15) is 4.79 Å². The molecule has 4 nitrogen and oxygen atoms in total. The second-order valence-electron chi connectivity index (χ2n) is 5.04. The van der Waals surface area contributed by atoms with Gasteiger partial charge in [-0.1, -0.05) is 18.2 Å². The zero-order valence-electron chi connectivity index (χ0n) is 12.0. The number of rotatable bonds is 5. The highest BCUT2D eigenvalue weighted by Gasteiger charge is 2.11. The summed E-state index contributed by atoms with van der Waals surface area (Å²) in [5, 5.41) is 11.7. The lowest BCUT2D eigenvalue weighted by molar-refractivity contribution is -0.117. The fourth-order valence-electron chi connectivity index (χ4n) is 2.01. The Bertz CT molecular complexity index is 470. The van der Waals surface area contributed by atoms with Gasteiger partial charge >= 0.3 is 0 Å². The molecule has 102 valence electrons. The van der Waals surface area contributed by atoms with Crippen LogP contribution in [0, 0.1) is 31.1 Å². The summed E-state index contributed by atoms with van der Waals surface area (Å²) in [6.07, 6.45) is 0. The Hall–Kier alpha value is -1.86. The van der Waals surface area contributed by atoms with E-state index in [4.69, 9.17) is 5.26 Å². The molecule has 0 aliphatic carbocycles. The molecule has 0 saturated heterocycles. The van der Waals surface area contributed by atoms with E-state index in [1.807, 2.05) is 50.9 Å². The first-order chi connectivity index (χ1) is 8.93. The molecule has 1 N–H and O–H groups in total. The van der Waals surface area contributed by atoms with E-state index in [-0.39, 0.29) is 11.8 Å². The number of likely N-dealkylation sites (N-methyl/N-ethyl adjacent to an activating group) is 1. The summed E-state index contributed by atoms with van der Waals surface area (Å²) < 4.78 is 0. The predicted octanol–water partition coefficient (Wildman–Crippen LogP) is 2.33. The Morgan fingerprint density at radius 1 is 1.42 bits per heavy atom. The molecular formula is C15H21N3O. The number of nitrogens with zero attached hydrogens (tertiary/aromatic N) is 2. The number of carbonyl (C=O) groups excluding carboxylic acids is 1. The molecule has 0 spiro atoms. The molecular weight excluding hydrogens is 238 g/mol. The molecule has 1 aromatic carbocycles. The monoisotopic (exact) mass is 259 g/mol. The largest absolute Gasteiger partial charge is 0.324 e. The standard InChI is InChI=1S/C15H21N3O/c1-11(8-16)9-18(4)10-14(19)17-15-12(2)6-5-7-13(15)3/h5-7,11H,9-10H2,1-4H3,(H,17,19)/t11-/m0/s1. The van der Waals surface area contributed by atoms with Crippen molar-refractivity contribution in [3.8, 4) is 6.07 Å². The predicted molar refractivity (Wildman–Crippen MR) is 76.8 cm³/mol. The SMILES string of the molecule is Cc1cccc(C)c1NC(=O)CN(C)C[C@@H](C)C#N. The molecule has 0 bridgehead atoms. The van der Waals surface area contributed by atoms with Crippen LogP contribution in [-0.2, 0) is 4.79 Å². The van der Waals surface area contributed by atoms with Gasteiger partial charge < -0.3 is 5.32 Å². The minimum absolute atomic E-state index is 0.0509. The molecule has 1 rings (SSSR count). The van der Waals surface area contributed by atoms with Crippen LogP contribution < -0.4 is 5.32 Å². The third-order valence-electron chi connectivity index (χ3n) is 2.96. The van der Waals surface area contributed by atoms with Crippen LogP contribution in [0.4, 0.5) is 5.69 Å². The first-order valence-corrected chi connectivity index (χ1v) is 6.38. The van der Waals surface area contributed by atoms with E-state index in [0.717, 1.165) is 16.8 Å². The highest BCUT2D eigenvalue weighted by atomic mass is 16.2. The number of nitriles is 1. The fourth-order valence-corrected chi connectivity index (χ4v) is 2.01. The molecule has 0 saturated carbocycles. The van der Waals surface area contributed by atoms with Crippen molar-refractivity contribution in [3.05, 3.63) is 29.3 Å². The summed E-state index contributed by atoms with van der Waals surface area (Å²) in [6, 6.07) is 8.09. The number of aryl methyl sites for hydroxylation is 2. The normalized spacial score (nSPS) is 12.0. The van der Waals surface area contributed by atoms with E-state index in [0.29, 0.717) is 13.1 Å². The van der Waals surface area contributed by atoms with Gasteiger partial charge in [-0.05, 0) is 38.9 Å². The van der Waals surface area contributed by atoms with Crippen molar-refractivity contribution in [2.24, 2.45) is 5.92 Å². The Morgan fingerprint density at radius 2 is 2.00 bits per heavy atom. The Labute approximate surface area is 115 Å². The third kappa shape index (κ3) is 4.72. The number of para-hydroxylation sites is 1. The smallest absolute Gasteiger partial charge is 0.238 e. The van der Waals surface area contributed by atoms with Crippen LogP contribution in [-0.4, -0.2) is 30.9 Å². The first-order valence-electron chi connectivity index (χ1n) is 6.38. The number of hydrogen-bond acceptors (Lipinski definition) is 3. The average Bonchev–Trinajstić information content (AvgIpc) is 2.33. The molecule has 0 aliphatic heterocycles. The Kier molecular flexibility index (Phi) is 5.53. The van der Waals surface area contributed by atoms with Crippen LogP contribution in [0.25, 0.3) is 0 Å². The second kappa shape index (κ2) is 6.91. The van der Waals surface area contributed by atoms with Crippen LogP contribution in [0.1, 0.15) is 18.1 Å². The van der Waals surface area contributed by atoms with Gasteiger partial charge in [-0.2, -0.15) is 5.26 Å². The van der Waals surface area contributed by atoms with Crippen molar-refractivity contribution in [3.63, 3.8) is 0 Å². The van der Waals surface area contributed by atoms with E-state index in [1.54, 1.807) is 0 Å². The quantitative estimate of drug-likeness (QED) is 0.883. The summed E-state index contributed by atoms with van der Waals surface area (Å²) in [6.45, 7) is 6.69. The third-order valence-corrected chi connectivity index (χ3v) is 2.96. The van der Waals surface area contributed by atoms with Gasteiger partial charge in [0, 0.05) is 12.2 Å². The van der Waals surface area contributed by atoms with Crippen molar-refractivity contribution < 1.29 is 4.79 Å². The molecule has 4 heteroatoms. The van der Waals surface area contributed by atoms with Gasteiger partial charge in [-0.3, -0.25) is 9.69 Å². The minimum Gasteiger partial charge on any atom is -0.324 e. The van der Waals surface area contributed by atoms with Gasteiger partial charge in [0.2, 0.25) is 5.91 Å². The molecule has 1 atom stereocenters. The molecule has 0 aliphatic rings. The number of nitrogens with one attached hydrogen (secondary N) is 1. The van der Waals surface area contributed by atoms with Gasteiger partial charge in [0.1, 0.15) is 0 Å². The first kappa shape index (κ1) is 15.2. The molecule has 1 amide bonds. The minimum atomic E-state index is -0.0713. The van der Waals surface area contributed by atoms with E-state index in [2.05, 4.69) is 11.4 Å². The summed E-state index contributed by atoms with van der Waals surface area (Å²) in [5.74, 6) is -0.122. The maximum Gasteiger partial charge on any atom is 0.238 e. The summed E-state index contributed by atoms with van der Waals surface area (Å²) >= 11 is 0. The maximum atomic E-state index is 12.0. The number of anilines is 1. The van der Waals surface area contributed by atoms with Crippen molar-refractivity contribution in [2.45, 2.75) is 20.8 Å². The maximum absolute atomic E-state index is 12.0. The van der Waals surface area contributed by atoms with Gasteiger partial charge in [-0.15, -0.1) is 0 Å². The zero-order valence-corrected chi connectivity index (χ0v) is 12.0. The average molecular weight is 259 g/mol. The Balaban J connectivity index is 2.59. The highest BCUT2D eigenvalue weighted by molar-refractivity contribution is 5.93. The van der Waals surface area contributed by atoms with Crippen LogP contribution in [0.15, 0.2) is 18.2 Å². The van der Waals surface area contributed by atoms with Gasteiger partial charge in [0.15, 0.2) is 0 Å². The van der Waals surface area contributed by atoms with E-state index < -0.39 is 0 Å². The number of hydrogen-bond donors (Lipinski definition) is 1. The lowest BCUT2D eigenvalue weighted by atomic mass is 10.1. The van der Waals surface area contributed by atoms with Gasteiger partial charge in [0.05, 0.1) is 18.5 Å². The lowest BCUT2D eigenvalue weighted by Crippen LogP contribution is -2.33. The van der Waals surface area contributed by atoms with Gasteiger partial charge in [0.25, 0.3) is 0 Å². The zero-order chi connectivity index (χ0) is 14.4. The summed E-state index contributed by atoms with van der Waals surface area (Å²) in [7, 11) is 1.85. The summed E-state index contributed by atoms with van der Waals surface area (Å²) in [5.41, 5.74) is 3.00. The molecule has 1 aromatic rings. The molecule has 0 unspecified atom stereocenters. The number of amides is 1. The molecule has 0 fully saturated rings. The lowest BCUT2D eigenvalue weighted by Gasteiger charge is -2.18.